The highest BCUT2D eigenvalue weighted by molar-refractivity contribution is 5.84. The number of carboxylic acids is 1. The van der Waals surface area contributed by atoms with Crippen LogP contribution in [0.5, 0.6) is 11.5 Å². The van der Waals surface area contributed by atoms with Crippen LogP contribution >= 0.6 is 0 Å². The highest BCUT2D eigenvalue weighted by Crippen LogP contribution is 2.24. The minimum absolute atomic E-state index is 0.0769. The van der Waals surface area contributed by atoms with Crippen LogP contribution in [-0.4, -0.2) is 23.3 Å². The zero-order chi connectivity index (χ0) is 18.2. The summed E-state index contributed by atoms with van der Waals surface area (Å²) >= 11 is 0. The number of hydrogen-bond acceptors (Lipinski definition) is 5. The number of ether oxygens (including phenoxy) is 2. The van der Waals surface area contributed by atoms with E-state index in [1.54, 1.807) is 6.07 Å². The second-order valence-electron chi connectivity index (χ2n) is 5.46. The first-order valence-electron chi connectivity index (χ1n) is 7.68. The molecule has 0 aromatic heterocycles. The predicted octanol–water partition coefficient (Wildman–Crippen LogP) is 3.16. The third-order valence-corrected chi connectivity index (χ3v) is 3.40. The van der Waals surface area contributed by atoms with E-state index in [9.17, 15) is 14.4 Å². The standard InChI is InChI=1S/C19H18O6/c1-13-2-4-14(5-3-13)12-24-16-6-7-17(15(10-16)11-20)25-19(23)9-8-18(21)22/h2-7,10-11H,8-9,12H2,1H3,(H,21,22). The molecule has 0 aliphatic carbocycles. The maximum absolute atomic E-state index is 11.6. The zero-order valence-electron chi connectivity index (χ0n) is 13.7. The molecule has 6 heteroatoms. The van der Waals surface area contributed by atoms with Crippen molar-refractivity contribution in [2.75, 3.05) is 0 Å². The monoisotopic (exact) mass is 342 g/mol. The maximum atomic E-state index is 11.6. The average Bonchev–Trinajstić information content (AvgIpc) is 2.60. The van der Waals surface area contributed by atoms with Gasteiger partial charge in [-0.15, -0.1) is 0 Å². The Morgan fingerprint density at radius 2 is 1.80 bits per heavy atom. The lowest BCUT2D eigenvalue weighted by atomic mass is 10.1. The van der Waals surface area contributed by atoms with Gasteiger partial charge in [-0.25, -0.2) is 0 Å². The van der Waals surface area contributed by atoms with Crippen molar-refractivity contribution in [3.8, 4) is 11.5 Å². The number of aldehydes is 1. The van der Waals surface area contributed by atoms with Crippen LogP contribution in [0.1, 0.15) is 34.3 Å². The molecule has 0 bridgehead atoms. The first-order valence-corrected chi connectivity index (χ1v) is 7.68. The van der Waals surface area contributed by atoms with Crippen molar-refractivity contribution in [1.29, 1.82) is 0 Å². The molecule has 0 aliphatic heterocycles. The van der Waals surface area contributed by atoms with Crippen LogP contribution in [0.25, 0.3) is 0 Å². The SMILES string of the molecule is Cc1ccc(COc2ccc(OC(=O)CCC(=O)O)c(C=O)c2)cc1. The van der Waals surface area contributed by atoms with Crippen LogP contribution < -0.4 is 9.47 Å². The molecule has 0 amide bonds. The topological polar surface area (TPSA) is 89.9 Å². The Balaban J connectivity index is 2.00. The first-order chi connectivity index (χ1) is 12.0. The Kier molecular flexibility index (Phi) is 6.28. The molecule has 0 spiro atoms. The molecule has 0 radical (unpaired) electrons. The third kappa shape index (κ3) is 5.76. The lowest BCUT2D eigenvalue weighted by molar-refractivity contribution is -0.142. The average molecular weight is 342 g/mol. The van der Waals surface area contributed by atoms with Gasteiger partial charge in [-0.05, 0) is 30.7 Å². The summed E-state index contributed by atoms with van der Waals surface area (Å²) < 4.78 is 10.7. The van der Waals surface area contributed by atoms with Crippen LogP contribution in [-0.2, 0) is 16.2 Å². The van der Waals surface area contributed by atoms with E-state index < -0.39 is 11.9 Å². The molecule has 0 aliphatic rings. The van der Waals surface area contributed by atoms with E-state index >= 15 is 0 Å². The minimum atomic E-state index is -1.09. The van der Waals surface area contributed by atoms with Gasteiger partial charge in [0, 0.05) is 0 Å². The summed E-state index contributed by atoms with van der Waals surface area (Å²) in [7, 11) is 0. The molecular formula is C19H18O6. The molecule has 1 N–H and O–H groups in total. The molecule has 130 valence electrons. The molecule has 2 rings (SSSR count). The van der Waals surface area contributed by atoms with E-state index in [-0.39, 0.29) is 24.2 Å². The van der Waals surface area contributed by atoms with Gasteiger partial charge in [-0.2, -0.15) is 0 Å². The fourth-order valence-electron chi connectivity index (χ4n) is 2.04. The molecule has 0 fully saturated rings. The maximum Gasteiger partial charge on any atom is 0.311 e. The van der Waals surface area contributed by atoms with Crippen molar-refractivity contribution >= 4 is 18.2 Å². The summed E-state index contributed by atoms with van der Waals surface area (Å²) in [5.74, 6) is -1.26. The van der Waals surface area contributed by atoms with E-state index in [0.29, 0.717) is 18.6 Å². The molecule has 0 atom stereocenters. The summed E-state index contributed by atoms with van der Waals surface area (Å²) in [4.78, 5) is 33.2. The highest BCUT2D eigenvalue weighted by atomic mass is 16.5. The molecule has 6 nitrogen and oxygen atoms in total. The van der Waals surface area contributed by atoms with Gasteiger partial charge in [0.05, 0.1) is 18.4 Å². The zero-order valence-corrected chi connectivity index (χ0v) is 13.7. The Labute approximate surface area is 145 Å². The third-order valence-electron chi connectivity index (χ3n) is 3.40. The van der Waals surface area contributed by atoms with Gasteiger partial charge in [0.2, 0.25) is 0 Å². The fourth-order valence-corrected chi connectivity index (χ4v) is 2.04. The van der Waals surface area contributed by atoms with Crippen LogP contribution in [0.2, 0.25) is 0 Å². The van der Waals surface area contributed by atoms with Gasteiger partial charge in [0.25, 0.3) is 0 Å². The number of carboxylic acid groups (broad SMARTS) is 1. The van der Waals surface area contributed by atoms with Crippen molar-refractivity contribution in [3.63, 3.8) is 0 Å². The number of esters is 1. The number of carbonyl (C=O) groups is 3. The lowest BCUT2D eigenvalue weighted by Crippen LogP contribution is -2.11. The molecule has 2 aromatic carbocycles. The van der Waals surface area contributed by atoms with Gasteiger partial charge in [-0.3, -0.25) is 14.4 Å². The van der Waals surface area contributed by atoms with E-state index in [2.05, 4.69) is 0 Å². The van der Waals surface area contributed by atoms with E-state index in [1.165, 1.54) is 12.1 Å². The normalized spacial score (nSPS) is 10.1. The van der Waals surface area contributed by atoms with Gasteiger partial charge in [0.15, 0.2) is 6.29 Å². The van der Waals surface area contributed by atoms with Crippen LogP contribution in [0.4, 0.5) is 0 Å². The van der Waals surface area contributed by atoms with Gasteiger partial charge in [-0.1, -0.05) is 29.8 Å². The molecule has 0 unspecified atom stereocenters. The lowest BCUT2D eigenvalue weighted by Gasteiger charge is -2.10. The van der Waals surface area contributed by atoms with Gasteiger partial charge in [0.1, 0.15) is 18.1 Å². The van der Waals surface area contributed by atoms with Gasteiger partial charge < -0.3 is 14.6 Å². The molecular weight excluding hydrogens is 324 g/mol. The van der Waals surface area contributed by atoms with Crippen LogP contribution in [0.15, 0.2) is 42.5 Å². The minimum Gasteiger partial charge on any atom is -0.489 e. The van der Waals surface area contributed by atoms with Crippen molar-refractivity contribution in [2.24, 2.45) is 0 Å². The van der Waals surface area contributed by atoms with Gasteiger partial charge >= 0.3 is 11.9 Å². The predicted molar refractivity (Wildman–Crippen MR) is 89.8 cm³/mol. The summed E-state index contributed by atoms with van der Waals surface area (Å²) in [6.07, 6.45) is -0.0369. The van der Waals surface area contributed by atoms with Crippen LogP contribution in [0, 0.1) is 6.92 Å². The number of hydrogen-bond donors (Lipinski definition) is 1. The molecule has 0 saturated carbocycles. The number of carbonyl (C=O) groups excluding carboxylic acids is 2. The summed E-state index contributed by atoms with van der Waals surface area (Å²) in [5.41, 5.74) is 2.30. The second kappa shape index (κ2) is 8.63. The number of rotatable bonds is 8. The Morgan fingerprint density at radius 1 is 1.08 bits per heavy atom. The number of benzene rings is 2. The van der Waals surface area contributed by atoms with Crippen molar-refractivity contribution in [3.05, 3.63) is 59.2 Å². The highest BCUT2D eigenvalue weighted by Gasteiger charge is 2.12. The summed E-state index contributed by atoms with van der Waals surface area (Å²) in [5, 5.41) is 8.55. The number of aliphatic carboxylic acids is 1. The molecule has 2 aromatic rings. The second-order valence-corrected chi connectivity index (χ2v) is 5.46. The van der Waals surface area contributed by atoms with Crippen LogP contribution in [0.3, 0.4) is 0 Å². The first kappa shape index (κ1) is 18.2. The Hall–Kier alpha value is -3.15. The largest absolute Gasteiger partial charge is 0.489 e. The number of aryl methyl sites for hydroxylation is 1. The molecule has 0 heterocycles. The quantitative estimate of drug-likeness (QED) is 0.450. The molecule has 0 saturated heterocycles. The summed E-state index contributed by atoms with van der Waals surface area (Å²) in [6, 6.07) is 12.4. The van der Waals surface area contributed by atoms with Crippen molar-refractivity contribution in [1.82, 2.24) is 0 Å². The van der Waals surface area contributed by atoms with E-state index in [4.69, 9.17) is 14.6 Å². The summed E-state index contributed by atoms with van der Waals surface area (Å²) in [6.45, 7) is 2.34. The van der Waals surface area contributed by atoms with E-state index in [0.717, 1.165) is 11.1 Å². The van der Waals surface area contributed by atoms with E-state index in [1.807, 2.05) is 31.2 Å². The van der Waals surface area contributed by atoms with Crippen molar-refractivity contribution in [2.45, 2.75) is 26.4 Å². The van der Waals surface area contributed by atoms with Crippen molar-refractivity contribution < 1.29 is 29.0 Å². The Bertz CT molecular complexity index is 764. The Morgan fingerprint density at radius 3 is 2.44 bits per heavy atom. The fraction of sp³-hybridized carbons (Fsp3) is 0.211. The molecule has 25 heavy (non-hydrogen) atoms. The smallest absolute Gasteiger partial charge is 0.311 e.